The van der Waals surface area contributed by atoms with Crippen LogP contribution in [0.4, 0.5) is 5.82 Å². The Labute approximate surface area is 117 Å². The number of aryl methyl sites for hydroxylation is 1. The maximum absolute atomic E-state index is 11.9. The van der Waals surface area contributed by atoms with Gasteiger partial charge < -0.3 is 5.32 Å². The van der Waals surface area contributed by atoms with Gasteiger partial charge in [0.2, 0.25) is 0 Å². The summed E-state index contributed by atoms with van der Waals surface area (Å²) in [7, 11) is 0. The van der Waals surface area contributed by atoms with Crippen molar-refractivity contribution >= 4 is 39.3 Å². The largest absolute Gasteiger partial charge is 0.305 e. The van der Waals surface area contributed by atoms with E-state index in [1.54, 1.807) is 6.20 Å². The van der Waals surface area contributed by atoms with Gasteiger partial charge in [0.1, 0.15) is 16.7 Å². The average Bonchev–Trinajstić information content (AvgIpc) is 2.32. The summed E-state index contributed by atoms with van der Waals surface area (Å²) in [5.74, 6) is 0.0768. The zero-order valence-corrected chi connectivity index (χ0v) is 11.7. The van der Waals surface area contributed by atoms with E-state index < -0.39 is 5.91 Å². The Morgan fingerprint density at radius 1 is 1.39 bits per heavy atom. The standard InChI is InChI=1S/C11H8BrClN4O/c1-6-2-7(12)3-15-10(6)17-11(18)8-4-14-5-9(13)16-8/h2-5H,1H3,(H,15,17,18). The molecular formula is C11H8BrClN4O. The van der Waals surface area contributed by atoms with E-state index in [2.05, 4.69) is 36.2 Å². The second-order valence-corrected chi connectivity index (χ2v) is 4.80. The summed E-state index contributed by atoms with van der Waals surface area (Å²) >= 11 is 8.97. The lowest BCUT2D eigenvalue weighted by Crippen LogP contribution is -2.15. The van der Waals surface area contributed by atoms with Crippen LogP contribution in [0.3, 0.4) is 0 Å². The monoisotopic (exact) mass is 326 g/mol. The summed E-state index contributed by atoms with van der Waals surface area (Å²) in [5, 5.41) is 2.82. The fraction of sp³-hybridized carbons (Fsp3) is 0.0909. The van der Waals surface area contributed by atoms with Crippen LogP contribution < -0.4 is 5.32 Å². The molecule has 5 nitrogen and oxygen atoms in total. The summed E-state index contributed by atoms with van der Waals surface area (Å²) in [5.41, 5.74) is 0.985. The Balaban J connectivity index is 2.21. The predicted molar refractivity (Wildman–Crippen MR) is 71.7 cm³/mol. The molecule has 0 unspecified atom stereocenters. The number of pyridine rings is 1. The van der Waals surface area contributed by atoms with Gasteiger partial charge >= 0.3 is 0 Å². The van der Waals surface area contributed by atoms with Gasteiger partial charge in [-0.25, -0.2) is 9.97 Å². The predicted octanol–water partition coefficient (Wildman–Crippen LogP) is 2.85. The molecule has 1 N–H and O–H groups in total. The molecule has 2 heterocycles. The highest BCUT2D eigenvalue weighted by Gasteiger charge is 2.11. The highest BCUT2D eigenvalue weighted by atomic mass is 79.9. The van der Waals surface area contributed by atoms with Crippen LogP contribution in [0.15, 0.2) is 29.1 Å². The van der Waals surface area contributed by atoms with E-state index in [1.165, 1.54) is 12.4 Å². The quantitative estimate of drug-likeness (QED) is 0.921. The molecular weight excluding hydrogens is 320 g/mol. The summed E-state index contributed by atoms with van der Waals surface area (Å²) in [4.78, 5) is 23.7. The number of nitrogens with zero attached hydrogens (tertiary/aromatic N) is 3. The number of aromatic nitrogens is 3. The van der Waals surface area contributed by atoms with Crippen molar-refractivity contribution in [2.45, 2.75) is 6.92 Å². The molecule has 0 aliphatic rings. The number of hydrogen-bond donors (Lipinski definition) is 1. The second kappa shape index (κ2) is 5.41. The molecule has 0 aromatic carbocycles. The third-order valence-electron chi connectivity index (χ3n) is 2.11. The molecule has 7 heteroatoms. The van der Waals surface area contributed by atoms with Gasteiger partial charge in [0.05, 0.1) is 12.4 Å². The minimum atomic E-state index is -0.400. The lowest BCUT2D eigenvalue weighted by atomic mass is 10.3. The first kappa shape index (κ1) is 12.9. The highest BCUT2D eigenvalue weighted by molar-refractivity contribution is 9.10. The molecule has 0 saturated heterocycles. The first-order chi connectivity index (χ1) is 8.56. The molecule has 92 valence electrons. The van der Waals surface area contributed by atoms with Gasteiger partial charge in [-0.3, -0.25) is 9.78 Å². The zero-order chi connectivity index (χ0) is 13.1. The molecule has 0 radical (unpaired) electrons. The summed E-state index contributed by atoms with van der Waals surface area (Å²) < 4.78 is 0.848. The molecule has 0 atom stereocenters. The minimum Gasteiger partial charge on any atom is -0.305 e. The normalized spacial score (nSPS) is 10.2. The van der Waals surface area contributed by atoms with Crippen LogP contribution in [0.25, 0.3) is 0 Å². The molecule has 1 amide bonds. The number of carbonyl (C=O) groups is 1. The van der Waals surface area contributed by atoms with Gasteiger partial charge in [-0.2, -0.15) is 0 Å². The molecule has 18 heavy (non-hydrogen) atoms. The van der Waals surface area contributed by atoms with Gasteiger partial charge in [-0.1, -0.05) is 11.6 Å². The van der Waals surface area contributed by atoms with E-state index in [9.17, 15) is 4.79 Å². The van der Waals surface area contributed by atoms with Crippen molar-refractivity contribution in [3.63, 3.8) is 0 Å². The van der Waals surface area contributed by atoms with Crippen LogP contribution >= 0.6 is 27.5 Å². The van der Waals surface area contributed by atoms with Gasteiger partial charge in [-0.15, -0.1) is 0 Å². The van der Waals surface area contributed by atoms with Crippen LogP contribution in [-0.2, 0) is 0 Å². The van der Waals surface area contributed by atoms with Crippen LogP contribution in [0.1, 0.15) is 16.1 Å². The lowest BCUT2D eigenvalue weighted by Gasteiger charge is -2.06. The zero-order valence-electron chi connectivity index (χ0n) is 9.32. The maximum atomic E-state index is 11.9. The number of halogens is 2. The van der Waals surface area contributed by atoms with Crippen LogP contribution in [-0.4, -0.2) is 20.9 Å². The third-order valence-corrected chi connectivity index (χ3v) is 2.73. The lowest BCUT2D eigenvalue weighted by molar-refractivity contribution is 0.102. The van der Waals surface area contributed by atoms with Crippen LogP contribution in [0.2, 0.25) is 5.15 Å². The minimum absolute atomic E-state index is 0.145. The molecule has 0 aliphatic heterocycles. The summed E-state index contributed by atoms with van der Waals surface area (Å²) in [6.07, 6.45) is 4.31. The molecule has 0 fully saturated rings. The van der Waals surface area contributed by atoms with Crippen LogP contribution in [0.5, 0.6) is 0 Å². The molecule has 2 aromatic heterocycles. The van der Waals surface area contributed by atoms with Gasteiger partial charge in [-0.05, 0) is 34.5 Å². The fourth-order valence-electron chi connectivity index (χ4n) is 1.29. The Bertz CT molecular complexity index is 605. The van der Waals surface area contributed by atoms with E-state index in [0.29, 0.717) is 5.82 Å². The van der Waals surface area contributed by atoms with Crippen LogP contribution in [0, 0.1) is 6.92 Å². The number of hydrogen-bond acceptors (Lipinski definition) is 4. The van der Waals surface area contributed by atoms with E-state index in [-0.39, 0.29) is 10.8 Å². The highest BCUT2D eigenvalue weighted by Crippen LogP contribution is 2.17. The van der Waals surface area contributed by atoms with Gasteiger partial charge in [0, 0.05) is 10.7 Å². The molecule has 2 rings (SSSR count). The van der Waals surface area contributed by atoms with E-state index in [4.69, 9.17) is 11.6 Å². The van der Waals surface area contributed by atoms with Crippen molar-refractivity contribution in [3.05, 3.63) is 45.5 Å². The van der Waals surface area contributed by atoms with Crippen molar-refractivity contribution in [2.75, 3.05) is 5.32 Å². The molecule has 2 aromatic rings. The smallest absolute Gasteiger partial charge is 0.277 e. The molecule has 0 bridgehead atoms. The molecule has 0 spiro atoms. The number of rotatable bonds is 2. The summed E-state index contributed by atoms with van der Waals surface area (Å²) in [6.45, 7) is 1.84. The van der Waals surface area contributed by atoms with E-state index in [0.717, 1.165) is 10.0 Å². The van der Waals surface area contributed by atoms with Crippen molar-refractivity contribution in [1.29, 1.82) is 0 Å². The number of carbonyl (C=O) groups excluding carboxylic acids is 1. The Hall–Kier alpha value is -1.53. The Morgan fingerprint density at radius 2 is 2.17 bits per heavy atom. The van der Waals surface area contributed by atoms with Crippen molar-refractivity contribution < 1.29 is 4.79 Å². The Morgan fingerprint density at radius 3 is 2.83 bits per heavy atom. The third kappa shape index (κ3) is 3.02. The number of amides is 1. The first-order valence-electron chi connectivity index (χ1n) is 4.97. The SMILES string of the molecule is Cc1cc(Br)cnc1NC(=O)c1cncc(Cl)n1. The Kier molecular flexibility index (Phi) is 3.88. The molecule has 0 aliphatic carbocycles. The first-order valence-corrected chi connectivity index (χ1v) is 6.14. The van der Waals surface area contributed by atoms with Gasteiger partial charge in [0.25, 0.3) is 5.91 Å². The van der Waals surface area contributed by atoms with E-state index in [1.807, 2.05) is 13.0 Å². The summed E-state index contributed by atoms with van der Waals surface area (Å²) in [6, 6.07) is 1.85. The van der Waals surface area contributed by atoms with Gasteiger partial charge in [0.15, 0.2) is 0 Å². The number of anilines is 1. The topological polar surface area (TPSA) is 67.8 Å². The second-order valence-electron chi connectivity index (χ2n) is 3.50. The maximum Gasteiger partial charge on any atom is 0.277 e. The van der Waals surface area contributed by atoms with Crippen molar-refractivity contribution in [3.8, 4) is 0 Å². The van der Waals surface area contributed by atoms with Crippen molar-refractivity contribution in [2.24, 2.45) is 0 Å². The molecule has 0 saturated carbocycles. The average molecular weight is 328 g/mol. The fourth-order valence-corrected chi connectivity index (χ4v) is 1.89. The van der Waals surface area contributed by atoms with Crippen molar-refractivity contribution in [1.82, 2.24) is 15.0 Å². The van der Waals surface area contributed by atoms with E-state index >= 15 is 0 Å². The number of nitrogens with one attached hydrogen (secondary N) is 1.